The molecule has 2 aromatic carbocycles. The molecule has 0 aliphatic heterocycles. The predicted octanol–water partition coefficient (Wildman–Crippen LogP) is 3.22. The van der Waals surface area contributed by atoms with Crippen molar-refractivity contribution in [1.29, 1.82) is 5.26 Å². The highest BCUT2D eigenvalue weighted by Crippen LogP contribution is 2.25. The zero-order chi connectivity index (χ0) is 15.2. The van der Waals surface area contributed by atoms with Gasteiger partial charge in [-0.1, -0.05) is 12.1 Å². The number of nitrogens with zero attached hydrogens (tertiary/aromatic N) is 1. The van der Waals surface area contributed by atoms with Crippen molar-refractivity contribution in [2.24, 2.45) is 0 Å². The van der Waals surface area contributed by atoms with Gasteiger partial charge >= 0.3 is 0 Å². The molecular weight excluding hydrogens is 264 g/mol. The summed E-state index contributed by atoms with van der Waals surface area (Å²) in [4.78, 5) is 0. The van der Waals surface area contributed by atoms with Crippen molar-refractivity contribution < 1.29 is 9.47 Å². The van der Waals surface area contributed by atoms with Crippen LogP contribution in [0.4, 0.5) is 5.69 Å². The fraction of sp³-hybridized carbons (Fsp3) is 0.235. The summed E-state index contributed by atoms with van der Waals surface area (Å²) in [5, 5.41) is 8.92. The van der Waals surface area contributed by atoms with E-state index in [2.05, 4.69) is 6.07 Å². The minimum Gasteiger partial charge on any atom is -0.489 e. The lowest BCUT2D eigenvalue weighted by Gasteiger charge is -2.13. The van der Waals surface area contributed by atoms with Crippen LogP contribution in [-0.4, -0.2) is 13.2 Å². The summed E-state index contributed by atoms with van der Waals surface area (Å²) in [6.45, 7) is 4.69. The van der Waals surface area contributed by atoms with Crippen LogP contribution in [0.5, 0.6) is 11.5 Å². The summed E-state index contributed by atoms with van der Waals surface area (Å²) >= 11 is 0. The van der Waals surface area contributed by atoms with E-state index < -0.39 is 0 Å². The van der Waals surface area contributed by atoms with Gasteiger partial charge in [-0.3, -0.25) is 0 Å². The van der Waals surface area contributed by atoms with Crippen molar-refractivity contribution in [2.45, 2.75) is 13.8 Å². The van der Waals surface area contributed by atoms with Crippen molar-refractivity contribution in [3.8, 4) is 17.6 Å². The number of hydrogen-bond acceptors (Lipinski definition) is 4. The van der Waals surface area contributed by atoms with Crippen LogP contribution < -0.4 is 15.2 Å². The van der Waals surface area contributed by atoms with Crippen molar-refractivity contribution >= 4 is 5.69 Å². The molecule has 0 unspecified atom stereocenters. The second-order valence-corrected chi connectivity index (χ2v) is 4.79. The van der Waals surface area contributed by atoms with Gasteiger partial charge in [-0.25, -0.2) is 0 Å². The van der Waals surface area contributed by atoms with Gasteiger partial charge in [-0.05, 0) is 49.2 Å². The number of nitriles is 1. The van der Waals surface area contributed by atoms with Crippen LogP contribution in [0.3, 0.4) is 0 Å². The van der Waals surface area contributed by atoms with E-state index >= 15 is 0 Å². The third-order valence-electron chi connectivity index (χ3n) is 3.10. The van der Waals surface area contributed by atoms with Gasteiger partial charge in [-0.2, -0.15) is 5.26 Å². The molecule has 0 aliphatic carbocycles. The molecule has 0 radical (unpaired) electrons. The number of rotatable bonds is 5. The Morgan fingerprint density at radius 3 is 2.29 bits per heavy atom. The van der Waals surface area contributed by atoms with E-state index in [0.29, 0.717) is 30.2 Å². The second-order valence-electron chi connectivity index (χ2n) is 4.79. The van der Waals surface area contributed by atoms with Gasteiger partial charge in [0.1, 0.15) is 24.7 Å². The first kappa shape index (κ1) is 14.7. The van der Waals surface area contributed by atoms with E-state index in [4.69, 9.17) is 20.5 Å². The molecule has 0 atom stereocenters. The van der Waals surface area contributed by atoms with Gasteiger partial charge in [0.05, 0.1) is 17.3 Å². The molecule has 0 saturated heterocycles. The molecule has 108 valence electrons. The molecule has 0 fully saturated rings. The minimum atomic E-state index is 0.410. The lowest BCUT2D eigenvalue weighted by Crippen LogP contribution is -2.11. The lowest BCUT2D eigenvalue weighted by molar-refractivity contribution is 0.216. The number of aryl methyl sites for hydroxylation is 2. The predicted molar refractivity (Wildman–Crippen MR) is 82.5 cm³/mol. The number of hydrogen-bond donors (Lipinski definition) is 1. The Labute approximate surface area is 124 Å². The van der Waals surface area contributed by atoms with Gasteiger partial charge < -0.3 is 15.2 Å². The monoisotopic (exact) mass is 282 g/mol. The van der Waals surface area contributed by atoms with E-state index in [-0.39, 0.29) is 0 Å². The normalized spacial score (nSPS) is 9.95. The van der Waals surface area contributed by atoms with Crippen LogP contribution >= 0.6 is 0 Å². The van der Waals surface area contributed by atoms with Crippen LogP contribution in [0, 0.1) is 25.2 Å². The fourth-order valence-electron chi connectivity index (χ4n) is 2.15. The molecule has 0 aliphatic rings. The Bertz CT molecular complexity index is 652. The molecule has 2 N–H and O–H groups in total. The number of para-hydroxylation sites is 2. The SMILES string of the molecule is Cc1cc(C#N)cc(C)c1OCCOc1ccccc1N. The lowest BCUT2D eigenvalue weighted by atomic mass is 10.1. The summed E-state index contributed by atoms with van der Waals surface area (Å²) < 4.78 is 11.3. The molecule has 0 bridgehead atoms. The third kappa shape index (κ3) is 3.67. The average molecular weight is 282 g/mol. The Balaban J connectivity index is 1.93. The number of nitrogens with two attached hydrogens (primary N) is 1. The van der Waals surface area contributed by atoms with Crippen LogP contribution in [0.2, 0.25) is 0 Å². The Hall–Kier alpha value is -2.67. The van der Waals surface area contributed by atoms with E-state index in [9.17, 15) is 0 Å². The summed E-state index contributed by atoms with van der Waals surface area (Å²) in [5.74, 6) is 1.47. The largest absolute Gasteiger partial charge is 0.489 e. The summed E-state index contributed by atoms with van der Waals surface area (Å²) in [6, 6.07) is 13.1. The molecule has 0 spiro atoms. The van der Waals surface area contributed by atoms with Crippen LogP contribution in [0.15, 0.2) is 36.4 Å². The second kappa shape index (κ2) is 6.67. The molecule has 0 amide bonds. The average Bonchev–Trinajstić information content (AvgIpc) is 2.47. The topological polar surface area (TPSA) is 68.3 Å². The number of ether oxygens (including phenoxy) is 2. The molecular formula is C17H18N2O2. The molecule has 21 heavy (non-hydrogen) atoms. The fourth-order valence-corrected chi connectivity index (χ4v) is 2.15. The maximum atomic E-state index is 8.92. The molecule has 4 heteroatoms. The van der Waals surface area contributed by atoms with Gasteiger partial charge in [-0.15, -0.1) is 0 Å². The first-order chi connectivity index (χ1) is 10.1. The van der Waals surface area contributed by atoms with Crippen molar-refractivity contribution in [3.63, 3.8) is 0 Å². The third-order valence-corrected chi connectivity index (χ3v) is 3.10. The summed E-state index contributed by atoms with van der Waals surface area (Å²) in [7, 11) is 0. The van der Waals surface area contributed by atoms with Crippen molar-refractivity contribution in [3.05, 3.63) is 53.1 Å². The number of nitrogen functional groups attached to an aromatic ring is 1. The molecule has 0 aromatic heterocycles. The molecule has 0 saturated carbocycles. The first-order valence-electron chi connectivity index (χ1n) is 6.73. The highest BCUT2D eigenvalue weighted by molar-refractivity contribution is 5.51. The van der Waals surface area contributed by atoms with Crippen LogP contribution in [0.25, 0.3) is 0 Å². The summed E-state index contributed by atoms with van der Waals surface area (Å²) in [6.07, 6.45) is 0. The molecule has 2 rings (SSSR count). The maximum Gasteiger partial charge on any atom is 0.142 e. The summed E-state index contributed by atoms with van der Waals surface area (Å²) in [5.41, 5.74) is 8.96. The van der Waals surface area contributed by atoms with Crippen molar-refractivity contribution in [1.82, 2.24) is 0 Å². The first-order valence-corrected chi connectivity index (χ1v) is 6.73. The number of anilines is 1. The van der Waals surface area contributed by atoms with E-state index in [1.54, 1.807) is 6.07 Å². The zero-order valence-corrected chi connectivity index (χ0v) is 12.2. The van der Waals surface area contributed by atoms with Crippen molar-refractivity contribution in [2.75, 3.05) is 18.9 Å². The molecule has 2 aromatic rings. The minimum absolute atomic E-state index is 0.410. The highest BCUT2D eigenvalue weighted by Gasteiger charge is 2.06. The van der Waals surface area contributed by atoms with E-state index in [1.807, 2.05) is 44.2 Å². The standard InChI is InChI=1S/C17H18N2O2/c1-12-9-14(11-18)10-13(2)17(12)21-8-7-20-16-6-4-3-5-15(16)19/h3-6,9-10H,7-8,19H2,1-2H3. The Kier molecular flexibility index (Phi) is 4.68. The maximum absolute atomic E-state index is 8.92. The van der Waals surface area contributed by atoms with E-state index in [0.717, 1.165) is 16.9 Å². The van der Waals surface area contributed by atoms with Crippen LogP contribution in [-0.2, 0) is 0 Å². The molecule has 0 heterocycles. The highest BCUT2D eigenvalue weighted by atomic mass is 16.5. The molecule has 4 nitrogen and oxygen atoms in total. The number of benzene rings is 2. The quantitative estimate of drug-likeness (QED) is 0.675. The zero-order valence-electron chi connectivity index (χ0n) is 12.2. The smallest absolute Gasteiger partial charge is 0.142 e. The Morgan fingerprint density at radius 1 is 1.05 bits per heavy atom. The van der Waals surface area contributed by atoms with Gasteiger partial charge in [0.15, 0.2) is 0 Å². The van der Waals surface area contributed by atoms with Gasteiger partial charge in [0.25, 0.3) is 0 Å². The van der Waals surface area contributed by atoms with E-state index in [1.165, 1.54) is 0 Å². The van der Waals surface area contributed by atoms with Gasteiger partial charge in [0.2, 0.25) is 0 Å². The Morgan fingerprint density at radius 2 is 1.67 bits per heavy atom. The van der Waals surface area contributed by atoms with Crippen LogP contribution in [0.1, 0.15) is 16.7 Å². The van der Waals surface area contributed by atoms with Gasteiger partial charge in [0, 0.05) is 0 Å².